The van der Waals surface area contributed by atoms with Crippen molar-refractivity contribution in [2.24, 2.45) is 0 Å². The zero-order chi connectivity index (χ0) is 4.24. The van der Waals surface area contributed by atoms with E-state index in [-0.39, 0.29) is 0 Å². The predicted octanol–water partition coefficient (Wildman–Crippen LogP) is 1.61. The summed E-state index contributed by atoms with van der Waals surface area (Å²) in [6.45, 7) is 0. The summed E-state index contributed by atoms with van der Waals surface area (Å²) < 4.78 is 0. The van der Waals surface area contributed by atoms with E-state index in [9.17, 15) is 0 Å². The Kier molecular flexibility index (Phi) is 0.865. The highest BCUT2D eigenvalue weighted by Crippen LogP contribution is 1.98. The van der Waals surface area contributed by atoms with Gasteiger partial charge in [0.1, 0.15) is 0 Å². The van der Waals surface area contributed by atoms with Crippen LogP contribution in [0.25, 0.3) is 5.32 Å². The third-order valence-corrected chi connectivity index (χ3v) is 0.566. The molecule has 0 unspecified atom stereocenters. The molecule has 1 rings (SSSR count). The maximum absolute atomic E-state index is 3.78. The maximum Gasteiger partial charge on any atom is -0.174 e. The fourth-order valence-corrected chi connectivity index (χ4v) is 0.313. The Morgan fingerprint density at radius 1 is 1.17 bits per heavy atom. The van der Waals surface area contributed by atoms with E-state index >= 15 is 0 Å². The summed E-state index contributed by atoms with van der Waals surface area (Å²) in [7, 11) is 0. The zero-order valence-electron chi connectivity index (χ0n) is 3.33. The van der Waals surface area contributed by atoms with Crippen LogP contribution >= 0.6 is 0 Å². The van der Waals surface area contributed by atoms with E-state index in [0.29, 0.717) is 0 Å². The second-order valence-electron chi connectivity index (χ2n) is 1.02. The zero-order valence-corrected chi connectivity index (χ0v) is 3.33. The standard InChI is InChI=1S/C5H5N/c1-2-4-6-5-3-1/h1-5H/q-2. The summed E-state index contributed by atoms with van der Waals surface area (Å²) >= 11 is 0. The number of hydrogen-bond acceptors (Lipinski definition) is 0. The molecule has 0 N–H and O–H groups in total. The second-order valence-corrected chi connectivity index (χ2v) is 1.02. The average molecular weight is 79.1 g/mol. The lowest BCUT2D eigenvalue weighted by molar-refractivity contribution is 1.62. The minimum absolute atomic E-state index is 1.75. The van der Waals surface area contributed by atoms with E-state index < -0.39 is 0 Å². The molecule has 1 aliphatic heterocycles. The number of hydrogen-bond donors (Lipinski definition) is 0. The molecule has 0 spiro atoms. The Morgan fingerprint density at radius 2 is 1.83 bits per heavy atom. The van der Waals surface area contributed by atoms with Crippen molar-refractivity contribution in [1.82, 2.24) is 0 Å². The van der Waals surface area contributed by atoms with Gasteiger partial charge in [-0.3, -0.25) is 12.4 Å². The monoisotopic (exact) mass is 79.0 g/mol. The molecule has 0 aromatic rings. The normalized spacial score (nSPS) is 16.0. The minimum Gasteiger partial charge on any atom is -0.785 e. The molecule has 0 radical (unpaired) electrons. The van der Waals surface area contributed by atoms with Crippen molar-refractivity contribution in [1.29, 1.82) is 0 Å². The van der Waals surface area contributed by atoms with Crippen LogP contribution in [0.4, 0.5) is 0 Å². The van der Waals surface area contributed by atoms with Crippen LogP contribution in [0.1, 0.15) is 0 Å². The first-order valence-electron chi connectivity index (χ1n) is 1.85. The van der Waals surface area contributed by atoms with Crippen LogP contribution in [-0.2, 0) is 0 Å². The number of nitrogens with zero attached hydrogens (tertiary/aromatic N) is 1. The number of rotatable bonds is 0. The van der Waals surface area contributed by atoms with Gasteiger partial charge in [-0.15, -0.1) is 0 Å². The molecule has 0 atom stereocenters. The Balaban J connectivity index is 2.40. The largest absolute Gasteiger partial charge is 0.785 e. The van der Waals surface area contributed by atoms with Crippen molar-refractivity contribution in [2.45, 2.75) is 0 Å². The minimum atomic E-state index is 1.75. The first kappa shape index (κ1) is 3.34. The van der Waals surface area contributed by atoms with Gasteiger partial charge in [-0.05, 0) is 0 Å². The van der Waals surface area contributed by atoms with E-state index in [0.717, 1.165) is 0 Å². The summed E-state index contributed by atoms with van der Waals surface area (Å²) in [4.78, 5) is 0. The molecule has 0 saturated carbocycles. The van der Waals surface area contributed by atoms with Crippen LogP contribution in [0.3, 0.4) is 0 Å². The Bertz CT molecular complexity index is 61.9. The number of allylic oxidation sites excluding steroid dienone is 2. The lowest BCUT2D eigenvalue weighted by atomic mass is 10.4. The lowest BCUT2D eigenvalue weighted by Gasteiger charge is -2.20. The van der Waals surface area contributed by atoms with Gasteiger partial charge in [-0.25, -0.2) is 0 Å². The van der Waals surface area contributed by atoms with E-state index in [1.807, 2.05) is 18.6 Å². The second kappa shape index (κ2) is 1.55. The van der Waals surface area contributed by atoms with Crippen molar-refractivity contribution < 1.29 is 0 Å². The van der Waals surface area contributed by atoms with Crippen LogP contribution in [-0.4, -0.2) is 0 Å². The van der Waals surface area contributed by atoms with Gasteiger partial charge in [0.25, 0.3) is 0 Å². The van der Waals surface area contributed by atoms with Gasteiger partial charge in [0.2, 0.25) is 0 Å². The fourth-order valence-electron chi connectivity index (χ4n) is 0.313. The summed E-state index contributed by atoms with van der Waals surface area (Å²) in [6.07, 6.45) is 9.22. The lowest BCUT2D eigenvalue weighted by Crippen LogP contribution is -1.65. The van der Waals surface area contributed by atoms with Crippen molar-refractivity contribution in [3.63, 3.8) is 0 Å². The van der Waals surface area contributed by atoms with Crippen molar-refractivity contribution in [3.05, 3.63) is 36.3 Å². The highest BCUT2D eigenvalue weighted by atomic mass is 14.8. The molecule has 0 aromatic heterocycles. The van der Waals surface area contributed by atoms with Crippen LogP contribution < -0.4 is 0 Å². The summed E-state index contributed by atoms with van der Waals surface area (Å²) in [5.74, 6) is 0. The molecule has 0 bridgehead atoms. The summed E-state index contributed by atoms with van der Waals surface area (Å²) in [5.41, 5.74) is 0. The average Bonchev–Trinajstić information content (AvgIpc) is 1.72. The van der Waals surface area contributed by atoms with Crippen molar-refractivity contribution in [3.8, 4) is 0 Å². The molecule has 1 heterocycles. The molecule has 0 aromatic carbocycles. The summed E-state index contributed by atoms with van der Waals surface area (Å²) in [5, 5.41) is 3.78. The highest BCUT2D eigenvalue weighted by Gasteiger charge is 1.52. The molecule has 1 heteroatoms. The molecule has 0 amide bonds. The SMILES string of the molecule is C1=C[N-]C=C[CH-]1. The van der Waals surface area contributed by atoms with Gasteiger partial charge < -0.3 is 5.32 Å². The van der Waals surface area contributed by atoms with Crippen LogP contribution in [0.2, 0.25) is 0 Å². The molecule has 1 aliphatic rings. The Labute approximate surface area is 37.4 Å². The molecule has 0 saturated heterocycles. The van der Waals surface area contributed by atoms with Gasteiger partial charge >= 0.3 is 0 Å². The van der Waals surface area contributed by atoms with Gasteiger partial charge in [-0.2, -0.15) is 18.6 Å². The molecule has 6 heavy (non-hydrogen) atoms. The molecule has 0 aliphatic carbocycles. The predicted molar refractivity (Wildman–Crippen MR) is 25.9 cm³/mol. The Hall–Kier alpha value is -0.850. The van der Waals surface area contributed by atoms with E-state index in [4.69, 9.17) is 0 Å². The maximum atomic E-state index is 3.78. The molecular formula is C5H5N-2. The van der Waals surface area contributed by atoms with Crippen molar-refractivity contribution >= 4 is 0 Å². The van der Waals surface area contributed by atoms with E-state index in [1.54, 1.807) is 12.4 Å². The third-order valence-electron chi connectivity index (χ3n) is 0.566. The quantitative estimate of drug-likeness (QED) is 0.391. The van der Waals surface area contributed by atoms with E-state index in [2.05, 4.69) is 5.32 Å². The van der Waals surface area contributed by atoms with Gasteiger partial charge in [0.05, 0.1) is 0 Å². The molecule has 0 fully saturated rings. The van der Waals surface area contributed by atoms with Crippen LogP contribution in [0.5, 0.6) is 0 Å². The van der Waals surface area contributed by atoms with Gasteiger partial charge in [0.15, 0.2) is 0 Å². The first-order chi connectivity index (χ1) is 3.00. The van der Waals surface area contributed by atoms with Crippen LogP contribution in [0, 0.1) is 6.42 Å². The third kappa shape index (κ3) is 0.549. The Morgan fingerprint density at radius 3 is 2.00 bits per heavy atom. The van der Waals surface area contributed by atoms with Crippen LogP contribution in [0.15, 0.2) is 24.6 Å². The van der Waals surface area contributed by atoms with E-state index in [1.165, 1.54) is 0 Å². The van der Waals surface area contributed by atoms with Crippen molar-refractivity contribution in [2.75, 3.05) is 0 Å². The molecule has 1 nitrogen and oxygen atoms in total. The summed E-state index contributed by atoms with van der Waals surface area (Å²) in [6, 6.07) is 0. The first-order valence-corrected chi connectivity index (χ1v) is 1.85. The highest BCUT2D eigenvalue weighted by molar-refractivity contribution is 5.25. The smallest absolute Gasteiger partial charge is 0.174 e. The fraction of sp³-hybridized carbons (Fsp3) is 0. The molecule has 32 valence electrons. The van der Waals surface area contributed by atoms with Gasteiger partial charge in [0, 0.05) is 0 Å². The molecular weight excluding hydrogens is 74.1 g/mol. The topological polar surface area (TPSA) is 14.1 Å². The van der Waals surface area contributed by atoms with Gasteiger partial charge in [-0.1, -0.05) is 0 Å².